The van der Waals surface area contributed by atoms with Crippen LogP contribution in [-0.2, 0) is 16.0 Å². The SMILES string of the molecule is CC(CCc1ccccc1)NC(=O)C1CCN(C(=O)COc2ccccc2)CC1. The van der Waals surface area contributed by atoms with Gasteiger partial charge in [-0.3, -0.25) is 9.59 Å². The standard InChI is InChI=1S/C24H30N2O3/c1-19(12-13-20-8-4-2-5-9-20)25-24(28)21-14-16-26(17-15-21)23(27)18-29-22-10-6-3-7-11-22/h2-11,19,21H,12-18H2,1H3,(H,25,28). The molecule has 0 radical (unpaired) electrons. The van der Waals surface area contributed by atoms with Gasteiger partial charge in [-0.2, -0.15) is 0 Å². The zero-order chi connectivity index (χ0) is 20.5. The van der Waals surface area contributed by atoms with Crippen LogP contribution in [0.1, 0.15) is 31.7 Å². The number of nitrogens with zero attached hydrogens (tertiary/aromatic N) is 1. The smallest absolute Gasteiger partial charge is 0.260 e. The van der Waals surface area contributed by atoms with Gasteiger partial charge in [-0.05, 0) is 50.3 Å². The van der Waals surface area contributed by atoms with E-state index >= 15 is 0 Å². The Morgan fingerprint density at radius 3 is 2.31 bits per heavy atom. The first-order chi connectivity index (χ1) is 14.1. The number of carbonyl (C=O) groups excluding carboxylic acids is 2. The number of hydrogen-bond acceptors (Lipinski definition) is 3. The van der Waals surface area contributed by atoms with Gasteiger partial charge in [0.05, 0.1) is 0 Å². The topological polar surface area (TPSA) is 58.6 Å². The maximum absolute atomic E-state index is 12.6. The van der Waals surface area contributed by atoms with Gasteiger partial charge < -0.3 is 15.0 Å². The molecule has 1 N–H and O–H groups in total. The second kappa shape index (κ2) is 10.6. The third kappa shape index (κ3) is 6.63. The van der Waals surface area contributed by atoms with E-state index in [0.29, 0.717) is 31.7 Å². The molecule has 1 fully saturated rings. The van der Waals surface area contributed by atoms with E-state index in [0.717, 1.165) is 12.8 Å². The third-order valence-corrected chi connectivity index (χ3v) is 5.42. The van der Waals surface area contributed by atoms with Crippen molar-refractivity contribution in [2.75, 3.05) is 19.7 Å². The largest absolute Gasteiger partial charge is 0.484 e. The van der Waals surface area contributed by atoms with E-state index in [4.69, 9.17) is 4.74 Å². The van der Waals surface area contributed by atoms with Crippen molar-refractivity contribution in [1.29, 1.82) is 0 Å². The molecule has 0 aromatic heterocycles. The van der Waals surface area contributed by atoms with Crippen molar-refractivity contribution in [1.82, 2.24) is 10.2 Å². The van der Waals surface area contributed by atoms with Gasteiger partial charge in [-0.15, -0.1) is 0 Å². The maximum atomic E-state index is 12.6. The number of carbonyl (C=O) groups is 2. The minimum absolute atomic E-state index is 0.0201. The first-order valence-electron chi connectivity index (χ1n) is 10.4. The number of likely N-dealkylation sites (tertiary alicyclic amines) is 1. The van der Waals surface area contributed by atoms with Gasteiger partial charge in [-0.25, -0.2) is 0 Å². The Balaban J connectivity index is 1.35. The molecule has 2 aromatic rings. The quantitative estimate of drug-likeness (QED) is 0.746. The average molecular weight is 395 g/mol. The lowest BCUT2D eigenvalue weighted by molar-refractivity contribution is -0.137. The average Bonchev–Trinajstić information content (AvgIpc) is 2.77. The molecule has 0 aliphatic carbocycles. The number of hydrogen-bond donors (Lipinski definition) is 1. The summed E-state index contributed by atoms with van der Waals surface area (Å²) in [6.45, 7) is 3.30. The van der Waals surface area contributed by atoms with Crippen molar-refractivity contribution >= 4 is 11.8 Å². The van der Waals surface area contributed by atoms with Gasteiger partial charge in [0.1, 0.15) is 5.75 Å². The molecule has 3 rings (SSSR count). The molecule has 0 saturated carbocycles. The van der Waals surface area contributed by atoms with Crippen LogP contribution in [0.2, 0.25) is 0 Å². The van der Waals surface area contributed by atoms with Gasteiger partial charge in [-0.1, -0.05) is 48.5 Å². The number of benzene rings is 2. The molecule has 1 atom stereocenters. The molecule has 2 amide bonds. The number of nitrogens with one attached hydrogen (secondary N) is 1. The monoisotopic (exact) mass is 394 g/mol. The Hall–Kier alpha value is -2.82. The van der Waals surface area contributed by atoms with Gasteiger partial charge in [0.25, 0.3) is 5.91 Å². The van der Waals surface area contributed by atoms with E-state index in [2.05, 4.69) is 24.4 Å². The van der Waals surface area contributed by atoms with E-state index in [1.165, 1.54) is 5.56 Å². The molecule has 1 heterocycles. The molecule has 1 aliphatic heterocycles. The van der Waals surface area contributed by atoms with Gasteiger partial charge >= 0.3 is 0 Å². The fourth-order valence-electron chi connectivity index (χ4n) is 3.60. The van der Waals surface area contributed by atoms with E-state index in [-0.39, 0.29) is 30.4 Å². The van der Waals surface area contributed by atoms with Crippen molar-refractivity contribution < 1.29 is 14.3 Å². The third-order valence-electron chi connectivity index (χ3n) is 5.42. The van der Waals surface area contributed by atoms with Crippen LogP contribution in [0.5, 0.6) is 5.75 Å². The molecular formula is C24H30N2O3. The van der Waals surface area contributed by atoms with Crippen molar-refractivity contribution in [3.63, 3.8) is 0 Å². The van der Waals surface area contributed by atoms with Crippen molar-refractivity contribution in [3.8, 4) is 5.75 Å². The lowest BCUT2D eigenvalue weighted by Crippen LogP contribution is -2.46. The summed E-state index contributed by atoms with van der Waals surface area (Å²) in [7, 11) is 0. The molecule has 0 spiro atoms. The van der Waals surface area contributed by atoms with Crippen LogP contribution in [0.4, 0.5) is 0 Å². The maximum Gasteiger partial charge on any atom is 0.260 e. The van der Waals surface area contributed by atoms with Gasteiger partial charge in [0.15, 0.2) is 6.61 Å². The Labute approximate surface area is 173 Å². The summed E-state index contributed by atoms with van der Waals surface area (Å²) < 4.78 is 5.54. The lowest BCUT2D eigenvalue weighted by Gasteiger charge is -2.32. The Morgan fingerprint density at radius 1 is 1.03 bits per heavy atom. The number of aryl methyl sites for hydroxylation is 1. The predicted octanol–water partition coefficient (Wildman–Crippen LogP) is 3.44. The molecule has 2 aromatic carbocycles. The highest BCUT2D eigenvalue weighted by Gasteiger charge is 2.28. The Bertz CT molecular complexity index is 771. The summed E-state index contributed by atoms with van der Waals surface area (Å²) in [6, 6.07) is 19.8. The second-order valence-corrected chi connectivity index (χ2v) is 7.69. The van der Waals surface area contributed by atoms with E-state index in [9.17, 15) is 9.59 Å². The highest BCUT2D eigenvalue weighted by molar-refractivity contribution is 5.80. The number of rotatable bonds is 8. The van der Waals surface area contributed by atoms with Crippen LogP contribution in [0.25, 0.3) is 0 Å². The number of para-hydroxylation sites is 1. The fourth-order valence-corrected chi connectivity index (χ4v) is 3.60. The van der Waals surface area contributed by atoms with E-state index in [1.807, 2.05) is 48.5 Å². The minimum atomic E-state index is -0.0241. The Kier molecular flexibility index (Phi) is 7.68. The number of ether oxygens (including phenoxy) is 1. The highest BCUT2D eigenvalue weighted by atomic mass is 16.5. The second-order valence-electron chi connectivity index (χ2n) is 7.69. The molecule has 5 nitrogen and oxygen atoms in total. The van der Waals surface area contributed by atoms with Gasteiger partial charge in [0.2, 0.25) is 5.91 Å². The zero-order valence-corrected chi connectivity index (χ0v) is 17.0. The summed E-state index contributed by atoms with van der Waals surface area (Å²) in [5, 5.41) is 3.14. The zero-order valence-electron chi connectivity index (χ0n) is 17.0. The molecule has 154 valence electrons. The van der Waals surface area contributed by atoms with Crippen molar-refractivity contribution in [2.45, 2.75) is 38.6 Å². The molecule has 5 heteroatoms. The first-order valence-corrected chi connectivity index (χ1v) is 10.4. The molecule has 1 aliphatic rings. The molecule has 0 bridgehead atoms. The van der Waals surface area contributed by atoms with Crippen LogP contribution in [0, 0.1) is 5.92 Å². The van der Waals surface area contributed by atoms with E-state index < -0.39 is 0 Å². The van der Waals surface area contributed by atoms with Crippen LogP contribution in [0.3, 0.4) is 0 Å². The summed E-state index contributed by atoms with van der Waals surface area (Å²) >= 11 is 0. The molecular weight excluding hydrogens is 364 g/mol. The Morgan fingerprint density at radius 2 is 1.66 bits per heavy atom. The van der Waals surface area contributed by atoms with Gasteiger partial charge in [0, 0.05) is 25.0 Å². The van der Waals surface area contributed by atoms with Crippen molar-refractivity contribution in [3.05, 3.63) is 66.2 Å². The highest BCUT2D eigenvalue weighted by Crippen LogP contribution is 2.18. The van der Waals surface area contributed by atoms with E-state index in [1.54, 1.807) is 4.90 Å². The van der Waals surface area contributed by atoms with Crippen LogP contribution in [-0.4, -0.2) is 42.5 Å². The molecule has 1 unspecified atom stereocenters. The van der Waals surface area contributed by atoms with Crippen LogP contribution < -0.4 is 10.1 Å². The summed E-state index contributed by atoms with van der Waals surface area (Å²) in [6.07, 6.45) is 3.28. The van der Waals surface area contributed by atoms with Crippen LogP contribution in [0.15, 0.2) is 60.7 Å². The fraction of sp³-hybridized carbons (Fsp3) is 0.417. The predicted molar refractivity (Wildman–Crippen MR) is 114 cm³/mol. The summed E-state index contributed by atoms with van der Waals surface area (Å²) in [4.78, 5) is 26.7. The summed E-state index contributed by atoms with van der Waals surface area (Å²) in [5.74, 6) is 0.759. The number of amides is 2. The van der Waals surface area contributed by atoms with Crippen LogP contribution >= 0.6 is 0 Å². The lowest BCUT2D eigenvalue weighted by atomic mass is 9.95. The minimum Gasteiger partial charge on any atom is -0.484 e. The molecule has 1 saturated heterocycles. The first kappa shape index (κ1) is 20.9. The normalized spacial score (nSPS) is 15.6. The number of piperidine rings is 1. The van der Waals surface area contributed by atoms with Crippen molar-refractivity contribution in [2.24, 2.45) is 5.92 Å². The molecule has 29 heavy (non-hydrogen) atoms. The summed E-state index contributed by atoms with van der Waals surface area (Å²) in [5.41, 5.74) is 1.29.